The molecule has 0 heterocycles. The Morgan fingerprint density at radius 1 is 1.38 bits per heavy atom. The van der Waals surface area contributed by atoms with Crippen LogP contribution < -0.4 is 14.8 Å². The van der Waals surface area contributed by atoms with Gasteiger partial charge in [0.1, 0.15) is 0 Å². The lowest BCUT2D eigenvalue weighted by Gasteiger charge is -2.11. The molecule has 1 N–H and O–H groups in total. The summed E-state index contributed by atoms with van der Waals surface area (Å²) in [6, 6.07) is 4.15. The molecular formula is C10H11F2NO3. The maximum absolute atomic E-state index is 12.0. The summed E-state index contributed by atoms with van der Waals surface area (Å²) < 4.78 is 33.1. The van der Waals surface area contributed by atoms with Gasteiger partial charge in [0, 0.05) is 18.7 Å². The number of halogens is 2. The summed E-state index contributed by atoms with van der Waals surface area (Å²) in [7, 11) is 1.32. The molecule has 4 nitrogen and oxygen atoms in total. The van der Waals surface area contributed by atoms with Crippen LogP contribution in [0.2, 0.25) is 0 Å². The third-order valence-corrected chi connectivity index (χ3v) is 1.70. The van der Waals surface area contributed by atoms with Crippen LogP contribution in [0.5, 0.6) is 11.5 Å². The minimum Gasteiger partial charge on any atom is -0.493 e. The third kappa shape index (κ3) is 3.38. The van der Waals surface area contributed by atoms with E-state index in [0.717, 1.165) is 0 Å². The van der Waals surface area contributed by atoms with Crippen LogP contribution in [0.15, 0.2) is 18.2 Å². The Kier molecular flexibility index (Phi) is 4.04. The average Bonchev–Trinajstić information content (AvgIpc) is 2.18. The Hall–Kier alpha value is -1.85. The third-order valence-electron chi connectivity index (χ3n) is 1.70. The van der Waals surface area contributed by atoms with Crippen molar-refractivity contribution in [1.82, 2.24) is 0 Å². The molecule has 88 valence electrons. The normalized spacial score (nSPS) is 10.1. The summed E-state index contributed by atoms with van der Waals surface area (Å²) in [6.07, 6.45) is 0. The summed E-state index contributed by atoms with van der Waals surface area (Å²) in [4.78, 5) is 10.8. The summed E-state index contributed by atoms with van der Waals surface area (Å²) in [5.41, 5.74) is 0.450. The molecule has 0 aliphatic heterocycles. The van der Waals surface area contributed by atoms with Crippen LogP contribution >= 0.6 is 0 Å². The van der Waals surface area contributed by atoms with Crippen molar-refractivity contribution in [1.29, 1.82) is 0 Å². The zero-order chi connectivity index (χ0) is 12.1. The molecular weight excluding hydrogens is 220 g/mol. The largest absolute Gasteiger partial charge is 0.493 e. The maximum atomic E-state index is 12.0. The van der Waals surface area contributed by atoms with Gasteiger partial charge in [-0.3, -0.25) is 4.79 Å². The maximum Gasteiger partial charge on any atom is 0.387 e. The van der Waals surface area contributed by atoms with Crippen molar-refractivity contribution in [3.8, 4) is 11.5 Å². The van der Waals surface area contributed by atoms with Gasteiger partial charge in [0.05, 0.1) is 7.11 Å². The highest BCUT2D eigenvalue weighted by Gasteiger charge is 2.11. The van der Waals surface area contributed by atoms with Crippen LogP contribution in [0.4, 0.5) is 14.5 Å². The molecule has 0 saturated heterocycles. The van der Waals surface area contributed by atoms with Crippen molar-refractivity contribution in [3.63, 3.8) is 0 Å². The molecule has 1 amide bonds. The Morgan fingerprint density at radius 2 is 2.06 bits per heavy atom. The lowest BCUT2D eigenvalue weighted by Crippen LogP contribution is -2.07. The molecule has 1 rings (SSSR count). The topological polar surface area (TPSA) is 47.6 Å². The standard InChI is InChI=1S/C10H11F2NO3/c1-6(14)13-7-3-4-8(16-10(11)12)9(5-7)15-2/h3-5,10H,1-2H3,(H,13,14). The molecule has 1 aromatic carbocycles. The van der Waals surface area contributed by atoms with E-state index in [4.69, 9.17) is 4.74 Å². The van der Waals surface area contributed by atoms with E-state index < -0.39 is 6.61 Å². The van der Waals surface area contributed by atoms with Gasteiger partial charge in [-0.25, -0.2) is 0 Å². The number of benzene rings is 1. The highest BCUT2D eigenvalue weighted by atomic mass is 19.3. The summed E-state index contributed by atoms with van der Waals surface area (Å²) in [6.45, 7) is -1.57. The van der Waals surface area contributed by atoms with E-state index in [0.29, 0.717) is 5.69 Å². The monoisotopic (exact) mass is 231 g/mol. The molecule has 16 heavy (non-hydrogen) atoms. The van der Waals surface area contributed by atoms with E-state index in [2.05, 4.69) is 10.1 Å². The van der Waals surface area contributed by atoms with Crippen molar-refractivity contribution in [2.24, 2.45) is 0 Å². The number of ether oxygens (including phenoxy) is 2. The second-order valence-electron chi connectivity index (χ2n) is 2.93. The van der Waals surface area contributed by atoms with Gasteiger partial charge in [-0.2, -0.15) is 8.78 Å². The molecule has 0 aliphatic carbocycles. The number of anilines is 1. The fourth-order valence-corrected chi connectivity index (χ4v) is 1.14. The van der Waals surface area contributed by atoms with Gasteiger partial charge in [0.15, 0.2) is 11.5 Å². The number of carbonyl (C=O) groups is 1. The number of rotatable bonds is 4. The fourth-order valence-electron chi connectivity index (χ4n) is 1.14. The van der Waals surface area contributed by atoms with Gasteiger partial charge in [0.25, 0.3) is 0 Å². The fraction of sp³-hybridized carbons (Fsp3) is 0.300. The highest BCUT2D eigenvalue weighted by molar-refractivity contribution is 5.89. The van der Waals surface area contributed by atoms with Gasteiger partial charge < -0.3 is 14.8 Å². The number of methoxy groups -OCH3 is 1. The second-order valence-corrected chi connectivity index (χ2v) is 2.93. The van der Waals surface area contributed by atoms with Gasteiger partial charge in [-0.15, -0.1) is 0 Å². The summed E-state index contributed by atoms with van der Waals surface area (Å²) >= 11 is 0. The number of carbonyl (C=O) groups excluding carboxylic acids is 1. The van der Waals surface area contributed by atoms with E-state index in [1.54, 1.807) is 0 Å². The molecule has 0 unspecified atom stereocenters. The van der Waals surface area contributed by atoms with Crippen LogP contribution in [0, 0.1) is 0 Å². The number of amides is 1. The zero-order valence-corrected chi connectivity index (χ0v) is 8.79. The number of nitrogens with one attached hydrogen (secondary N) is 1. The SMILES string of the molecule is COc1cc(NC(C)=O)ccc1OC(F)F. The average molecular weight is 231 g/mol. The lowest BCUT2D eigenvalue weighted by atomic mass is 10.2. The summed E-state index contributed by atoms with van der Waals surface area (Å²) in [5.74, 6) is -0.206. The molecule has 0 fully saturated rings. The molecule has 6 heteroatoms. The van der Waals surface area contributed by atoms with E-state index in [-0.39, 0.29) is 17.4 Å². The zero-order valence-electron chi connectivity index (χ0n) is 8.79. The molecule has 0 saturated carbocycles. The van der Waals surface area contributed by atoms with E-state index in [9.17, 15) is 13.6 Å². The van der Waals surface area contributed by atoms with Crippen LogP contribution in [0.1, 0.15) is 6.92 Å². The molecule has 1 aromatic rings. The van der Waals surface area contributed by atoms with E-state index >= 15 is 0 Å². The van der Waals surface area contributed by atoms with Crippen molar-refractivity contribution < 1.29 is 23.0 Å². The molecule has 0 aliphatic rings. The highest BCUT2D eigenvalue weighted by Crippen LogP contribution is 2.31. The smallest absolute Gasteiger partial charge is 0.387 e. The Balaban J connectivity index is 2.92. The molecule has 0 atom stereocenters. The minimum absolute atomic E-state index is 0.0772. The second kappa shape index (κ2) is 5.29. The molecule has 0 bridgehead atoms. The number of alkyl halides is 2. The van der Waals surface area contributed by atoms with Crippen molar-refractivity contribution >= 4 is 11.6 Å². The lowest BCUT2D eigenvalue weighted by molar-refractivity contribution is -0.114. The van der Waals surface area contributed by atoms with Crippen molar-refractivity contribution in [2.75, 3.05) is 12.4 Å². The van der Waals surface area contributed by atoms with Crippen LogP contribution in [0.3, 0.4) is 0 Å². The van der Waals surface area contributed by atoms with Crippen molar-refractivity contribution in [2.45, 2.75) is 13.5 Å². The Bertz CT molecular complexity index is 382. The first kappa shape index (κ1) is 12.2. The summed E-state index contributed by atoms with van der Waals surface area (Å²) in [5, 5.41) is 2.50. The first-order valence-corrected chi connectivity index (χ1v) is 4.43. The van der Waals surface area contributed by atoms with E-state index in [1.807, 2.05) is 0 Å². The first-order valence-electron chi connectivity index (χ1n) is 4.43. The van der Waals surface area contributed by atoms with Gasteiger partial charge in [-0.05, 0) is 12.1 Å². The van der Waals surface area contributed by atoms with Gasteiger partial charge >= 0.3 is 6.61 Å². The predicted octanol–water partition coefficient (Wildman–Crippen LogP) is 2.25. The quantitative estimate of drug-likeness (QED) is 0.864. The van der Waals surface area contributed by atoms with Gasteiger partial charge in [-0.1, -0.05) is 0 Å². The molecule has 0 aromatic heterocycles. The molecule has 0 radical (unpaired) electrons. The minimum atomic E-state index is -2.92. The van der Waals surface area contributed by atoms with Crippen LogP contribution in [0.25, 0.3) is 0 Å². The number of hydrogen-bond donors (Lipinski definition) is 1. The Morgan fingerprint density at radius 3 is 2.56 bits per heavy atom. The van der Waals surface area contributed by atoms with Crippen molar-refractivity contribution in [3.05, 3.63) is 18.2 Å². The Labute approximate surface area is 91.2 Å². The van der Waals surface area contributed by atoms with Crippen LogP contribution in [-0.4, -0.2) is 19.6 Å². The predicted molar refractivity (Wildman–Crippen MR) is 53.9 cm³/mol. The molecule has 0 spiro atoms. The van der Waals surface area contributed by atoms with Crippen LogP contribution in [-0.2, 0) is 4.79 Å². The number of hydrogen-bond acceptors (Lipinski definition) is 3. The van der Waals surface area contributed by atoms with E-state index in [1.165, 1.54) is 32.2 Å². The first-order chi connectivity index (χ1) is 7.52. The van der Waals surface area contributed by atoms with Gasteiger partial charge in [0.2, 0.25) is 5.91 Å².